The Bertz CT molecular complexity index is 427. The SMILES string of the molecule is COc1cccc(CNC2CC3CC=CC32)c1. The lowest BCUT2D eigenvalue weighted by Gasteiger charge is -2.40. The average Bonchev–Trinajstić information content (AvgIpc) is 2.72. The number of allylic oxidation sites excluding steroid dienone is 1. The van der Waals surface area contributed by atoms with E-state index in [2.05, 4.69) is 35.7 Å². The second kappa shape index (κ2) is 4.53. The molecular formula is C15H19NO. The maximum atomic E-state index is 5.23. The van der Waals surface area contributed by atoms with Crippen LogP contribution in [0.4, 0.5) is 0 Å². The zero-order valence-corrected chi connectivity index (χ0v) is 10.2. The Morgan fingerprint density at radius 2 is 2.35 bits per heavy atom. The minimum atomic E-state index is 0.685. The van der Waals surface area contributed by atoms with Gasteiger partial charge in [-0.3, -0.25) is 0 Å². The van der Waals surface area contributed by atoms with E-state index in [9.17, 15) is 0 Å². The summed E-state index contributed by atoms with van der Waals surface area (Å²) >= 11 is 0. The van der Waals surface area contributed by atoms with Crippen LogP contribution in [0, 0.1) is 11.8 Å². The molecule has 0 spiro atoms. The molecule has 1 aromatic rings. The maximum absolute atomic E-state index is 5.23. The van der Waals surface area contributed by atoms with Gasteiger partial charge in [0.1, 0.15) is 5.75 Å². The van der Waals surface area contributed by atoms with Crippen molar-refractivity contribution >= 4 is 0 Å². The van der Waals surface area contributed by atoms with Crippen LogP contribution in [0.1, 0.15) is 18.4 Å². The molecule has 1 N–H and O–H groups in total. The van der Waals surface area contributed by atoms with Gasteiger partial charge in [0.2, 0.25) is 0 Å². The van der Waals surface area contributed by atoms with Gasteiger partial charge in [0, 0.05) is 12.6 Å². The third-order valence-electron chi connectivity index (χ3n) is 4.07. The summed E-state index contributed by atoms with van der Waals surface area (Å²) in [6.07, 6.45) is 7.35. The topological polar surface area (TPSA) is 21.3 Å². The molecule has 2 aliphatic carbocycles. The van der Waals surface area contributed by atoms with Gasteiger partial charge in [-0.2, -0.15) is 0 Å². The second-order valence-electron chi connectivity index (χ2n) is 5.08. The summed E-state index contributed by atoms with van der Waals surface area (Å²) in [6, 6.07) is 8.98. The molecule has 0 bridgehead atoms. The van der Waals surface area contributed by atoms with Gasteiger partial charge in [0.05, 0.1) is 7.11 Å². The molecule has 90 valence electrons. The first-order valence-corrected chi connectivity index (χ1v) is 6.40. The van der Waals surface area contributed by atoms with Crippen LogP contribution in [0.15, 0.2) is 36.4 Å². The van der Waals surface area contributed by atoms with Crippen LogP contribution in [0.3, 0.4) is 0 Å². The van der Waals surface area contributed by atoms with E-state index in [1.165, 1.54) is 18.4 Å². The first kappa shape index (κ1) is 10.8. The lowest BCUT2D eigenvalue weighted by Crippen LogP contribution is -2.47. The molecule has 0 heterocycles. The van der Waals surface area contributed by atoms with Gasteiger partial charge in [0.15, 0.2) is 0 Å². The number of fused-ring (bicyclic) bond motifs is 1. The molecule has 2 nitrogen and oxygen atoms in total. The highest BCUT2D eigenvalue weighted by Crippen LogP contribution is 2.42. The van der Waals surface area contributed by atoms with Crippen LogP contribution in [0.2, 0.25) is 0 Å². The van der Waals surface area contributed by atoms with E-state index < -0.39 is 0 Å². The minimum Gasteiger partial charge on any atom is -0.497 e. The molecule has 0 aromatic heterocycles. The molecule has 1 saturated carbocycles. The first-order valence-electron chi connectivity index (χ1n) is 6.40. The Balaban J connectivity index is 1.55. The number of benzene rings is 1. The van der Waals surface area contributed by atoms with Crippen LogP contribution >= 0.6 is 0 Å². The molecule has 1 fully saturated rings. The van der Waals surface area contributed by atoms with Crippen molar-refractivity contribution in [2.45, 2.75) is 25.4 Å². The van der Waals surface area contributed by atoms with Gasteiger partial charge in [-0.1, -0.05) is 24.3 Å². The summed E-state index contributed by atoms with van der Waals surface area (Å²) in [4.78, 5) is 0. The van der Waals surface area contributed by atoms with Gasteiger partial charge in [-0.15, -0.1) is 0 Å². The van der Waals surface area contributed by atoms with Gasteiger partial charge in [-0.25, -0.2) is 0 Å². The maximum Gasteiger partial charge on any atom is 0.119 e. The van der Waals surface area contributed by atoms with E-state index in [4.69, 9.17) is 4.74 Å². The molecule has 3 rings (SSSR count). The molecule has 0 aliphatic heterocycles. The summed E-state index contributed by atoms with van der Waals surface area (Å²) < 4.78 is 5.23. The van der Waals surface area contributed by atoms with E-state index >= 15 is 0 Å². The monoisotopic (exact) mass is 229 g/mol. The molecule has 3 unspecified atom stereocenters. The van der Waals surface area contributed by atoms with Crippen molar-refractivity contribution in [3.05, 3.63) is 42.0 Å². The van der Waals surface area contributed by atoms with Crippen molar-refractivity contribution in [1.29, 1.82) is 0 Å². The number of nitrogens with one attached hydrogen (secondary N) is 1. The average molecular weight is 229 g/mol. The van der Waals surface area contributed by atoms with E-state index in [1.807, 2.05) is 6.07 Å². The molecule has 2 aliphatic rings. The number of hydrogen-bond acceptors (Lipinski definition) is 2. The van der Waals surface area contributed by atoms with Crippen molar-refractivity contribution < 1.29 is 4.74 Å². The first-order chi connectivity index (χ1) is 8.36. The molecule has 17 heavy (non-hydrogen) atoms. The summed E-state index contributed by atoms with van der Waals surface area (Å²) in [7, 11) is 1.71. The fourth-order valence-electron chi connectivity index (χ4n) is 2.98. The molecule has 3 atom stereocenters. The van der Waals surface area contributed by atoms with Crippen LogP contribution in [-0.2, 0) is 6.54 Å². The standard InChI is InChI=1S/C15H19NO/c1-17-13-6-2-4-11(8-13)10-16-15-9-12-5-3-7-14(12)15/h2-4,6-8,12,14-16H,5,9-10H2,1H3. The Morgan fingerprint density at radius 1 is 1.41 bits per heavy atom. The zero-order valence-electron chi connectivity index (χ0n) is 10.2. The predicted octanol–water partition coefficient (Wildman–Crippen LogP) is 2.75. The summed E-state index contributed by atoms with van der Waals surface area (Å²) in [5.74, 6) is 2.66. The number of rotatable bonds is 4. The molecule has 0 amide bonds. The number of methoxy groups -OCH3 is 1. The molecule has 2 heteroatoms. The van der Waals surface area contributed by atoms with Crippen molar-refractivity contribution in [3.63, 3.8) is 0 Å². The van der Waals surface area contributed by atoms with Crippen LogP contribution in [0.5, 0.6) is 5.75 Å². The molecular weight excluding hydrogens is 210 g/mol. The Kier molecular flexibility index (Phi) is 2.89. The largest absolute Gasteiger partial charge is 0.497 e. The zero-order chi connectivity index (χ0) is 11.7. The molecule has 0 saturated heterocycles. The van der Waals surface area contributed by atoms with E-state index in [0.717, 1.165) is 24.1 Å². The van der Waals surface area contributed by atoms with Gasteiger partial charge in [-0.05, 0) is 42.4 Å². The summed E-state index contributed by atoms with van der Waals surface area (Å²) in [5.41, 5.74) is 1.30. The lowest BCUT2D eigenvalue weighted by molar-refractivity contribution is 0.162. The van der Waals surface area contributed by atoms with E-state index in [1.54, 1.807) is 7.11 Å². The van der Waals surface area contributed by atoms with E-state index in [-0.39, 0.29) is 0 Å². The highest BCUT2D eigenvalue weighted by molar-refractivity contribution is 5.28. The third kappa shape index (κ3) is 2.09. The Hall–Kier alpha value is -1.28. The lowest BCUT2D eigenvalue weighted by atomic mass is 9.71. The van der Waals surface area contributed by atoms with Crippen molar-refractivity contribution in [2.75, 3.05) is 7.11 Å². The normalized spacial score (nSPS) is 29.8. The van der Waals surface area contributed by atoms with Gasteiger partial charge < -0.3 is 10.1 Å². The van der Waals surface area contributed by atoms with E-state index in [0.29, 0.717) is 6.04 Å². The fourth-order valence-corrected chi connectivity index (χ4v) is 2.98. The van der Waals surface area contributed by atoms with Crippen molar-refractivity contribution in [3.8, 4) is 5.75 Å². The fraction of sp³-hybridized carbons (Fsp3) is 0.467. The highest BCUT2D eigenvalue weighted by Gasteiger charge is 2.40. The van der Waals surface area contributed by atoms with Crippen LogP contribution in [-0.4, -0.2) is 13.2 Å². The highest BCUT2D eigenvalue weighted by atomic mass is 16.5. The predicted molar refractivity (Wildman–Crippen MR) is 69.0 cm³/mol. The number of hydrogen-bond donors (Lipinski definition) is 1. The number of ether oxygens (including phenoxy) is 1. The minimum absolute atomic E-state index is 0.685. The van der Waals surface area contributed by atoms with Gasteiger partial charge in [0.25, 0.3) is 0 Å². The third-order valence-corrected chi connectivity index (χ3v) is 4.07. The van der Waals surface area contributed by atoms with Gasteiger partial charge >= 0.3 is 0 Å². The quantitative estimate of drug-likeness (QED) is 0.802. The summed E-state index contributed by atoms with van der Waals surface area (Å²) in [6.45, 7) is 0.943. The van der Waals surface area contributed by atoms with Crippen molar-refractivity contribution in [1.82, 2.24) is 5.32 Å². The Labute approximate surface area is 103 Å². The molecule has 0 radical (unpaired) electrons. The Morgan fingerprint density at radius 3 is 3.18 bits per heavy atom. The molecule has 1 aromatic carbocycles. The van der Waals surface area contributed by atoms with Crippen LogP contribution < -0.4 is 10.1 Å². The van der Waals surface area contributed by atoms with Crippen LogP contribution in [0.25, 0.3) is 0 Å². The summed E-state index contributed by atoms with van der Waals surface area (Å²) in [5, 5.41) is 3.65. The second-order valence-corrected chi connectivity index (χ2v) is 5.08. The smallest absolute Gasteiger partial charge is 0.119 e. The van der Waals surface area contributed by atoms with Crippen molar-refractivity contribution in [2.24, 2.45) is 11.8 Å².